The van der Waals surface area contributed by atoms with Gasteiger partial charge in [0, 0.05) is 38.0 Å². The summed E-state index contributed by atoms with van der Waals surface area (Å²) in [6, 6.07) is 5.73. The second-order valence-electron chi connectivity index (χ2n) is 6.84. The van der Waals surface area contributed by atoms with Crippen LogP contribution in [-0.4, -0.2) is 52.8 Å². The van der Waals surface area contributed by atoms with Crippen molar-refractivity contribution in [3.63, 3.8) is 0 Å². The number of aromatic nitrogens is 2. The molecule has 7 nitrogen and oxygen atoms in total. The van der Waals surface area contributed by atoms with E-state index in [1.165, 1.54) is 22.9 Å². The van der Waals surface area contributed by atoms with Crippen molar-refractivity contribution < 1.29 is 18.7 Å². The molecule has 2 aliphatic rings. The standard InChI is InChI=1S/C18H19FN4O3/c19-13-2-3-15(23-6-1-5-21-23)14(8-13)16(24)22-9-12-10-26-7-4-18(12,11-22)17(20)25/h1-3,5-6,8,12H,4,7,9-11H2,(H2,20,25)/t12-,18+/m1/s1. The lowest BCUT2D eigenvalue weighted by molar-refractivity contribution is -0.135. The van der Waals surface area contributed by atoms with Gasteiger partial charge in [-0.1, -0.05) is 0 Å². The summed E-state index contributed by atoms with van der Waals surface area (Å²) in [5.41, 5.74) is 5.59. The first-order valence-corrected chi connectivity index (χ1v) is 8.48. The highest BCUT2D eigenvalue weighted by atomic mass is 19.1. The van der Waals surface area contributed by atoms with Gasteiger partial charge in [-0.05, 0) is 30.7 Å². The molecular formula is C18H19FN4O3. The average molecular weight is 358 g/mol. The van der Waals surface area contributed by atoms with Crippen LogP contribution in [0.15, 0.2) is 36.7 Å². The molecule has 0 saturated carbocycles. The maximum absolute atomic E-state index is 13.8. The number of ether oxygens (including phenoxy) is 1. The van der Waals surface area contributed by atoms with Crippen LogP contribution in [0.25, 0.3) is 5.69 Å². The summed E-state index contributed by atoms with van der Waals surface area (Å²) in [6.45, 7) is 1.42. The van der Waals surface area contributed by atoms with E-state index < -0.39 is 17.1 Å². The van der Waals surface area contributed by atoms with Gasteiger partial charge >= 0.3 is 0 Å². The first kappa shape index (κ1) is 16.7. The molecule has 4 rings (SSSR count). The number of hydrogen-bond donors (Lipinski definition) is 1. The number of carbonyl (C=O) groups excluding carboxylic acids is 2. The number of carbonyl (C=O) groups is 2. The third kappa shape index (κ3) is 2.57. The number of amides is 2. The van der Waals surface area contributed by atoms with Gasteiger partial charge in [0.2, 0.25) is 5.91 Å². The van der Waals surface area contributed by atoms with Crippen LogP contribution in [0.1, 0.15) is 16.8 Å². The normalized spacial score (nSPS) is 25.1. The first-order valence-electron chi connectivity index (χ1n) is 8.48. The van der Waals surface area contributed by atoms with Gasteiger partial charge in [0.15, 0.2) is 0 Å². The molecule has 26 heavy (non-hydrogen) atoms. The number of nitrogens with two attached hydrogens (primary N) is 1. The SMILES string of the molecule is NC(=O)[C@]12CCOC[C@H]1CN(C(=O)c1cc(F)ccc1-n1cccn1)C2. The van der Waals surface area contributed by atoms with E-state index in [1.807, 2.05) is 0 Å². The van der Waals surface area contributed by atoms with Crippen molar-refractivity contribution in [3.8, 4) is 5.69 Å². The van der Waals surface area contributed by atoms with Crippen LogP contribution in [-0.2, 0) is 9.53 Å². The number of hydrogen-bond acceptors (Lipinski definition) is 4. The van der Waals surface area contributed by atoms with Gasteiger partial charge in [-0.3, -0.25) is 9.59 Å². The lowest BCUT2D eigenvalue weighted by Gasteiger charge is -2.34. The fourth-order valence-corrected chi connectivity index (χ4v) is 3.97. The Morgan fingerprint density at radius 1 is 1.38 bits per heavy atom. The fraction of sp³-hybridized carbons (Fsp3) is 0.389. The summed E-state index contributed by atoms with van der Waals surface area (Å²) in [5, 5.41) is 4.13. The molecule has 2 fully saturated rings. The van der Waals surface area contributed by atoms with Gasteiger partial charge in [0.05, 0.1) is 23.3 Å². The zero-order valence-electron chi connectivity index (χ0n) is 14.1. The van der Waals surface area contributed by atoms with Crippen LogP contribution in [0, 0.1) is 17.2 Å². The van der Waals surface area contributed by atoms with Crippen molar-refractivity contribution in [2.75, 3.05) is 26.3 Å². The molecule has 2 aliphatic heterocycles. The van der Waals surface area contributed by atoms with Crippen molar-refractivity contribution in [2.45, 2.75) is 6.42 Å². The molecule has 2 atom stereocenters. The molecule has 0 aliphatic carbocycles. The van der Waals surface area contributed by atoms with E-state index in [4.69, 9.17) is 10.5 Å². The van der Waals surface area contributed by atoms with Crippen LogP contribution in [0.4, 0.5) is 4.39 Å². The summed E-state index contributed by atoms with van der Waals surface area (Å²) in [6.07, 6.45) is 3.76. The largest absolute Gasteiger partial charge is 0.381 e. The second-order valence-corrected chi connectivity index (χ2v) is 6.84. The molecule has 2 saturated heterocycles. The lowest BCUT2D eigenvalue weighted by Crippen LogP contribution is -2.48. The van der Waals surface area contributed by atoms with Crippen LogP contribution in [0.5, 0.6) is 0 Å². The Balaban J connectivity index is 1.69. The minimum absolute atomic E-state index is 0.139. The van der Waals surface area contributed by atoms with E-state index >= 15 is 0 Å². The molecule has 0 radical (unpaired) electrons. The highest BCUT2D eigenvalue weighted by Crippen LogP contribution is 2.42. The third-order valence-corrected chi connectivity index (χ3v) is 5.42. The lowest BCUT2D eigenvalue weighted by atomic mass is 9.74. The quantitative estimate of drug-likeness (QED) is 0.885. The number of likely N-dealkylation sites (tertiary alicyclic amines) is 1. The van der Waals surface area contributed by atoms with E-state index in [9.17, 15) is 14.0 Å². The maximum atomic E-state index is 13.8. The Morgan fingerprint density at radius 2 is 2.23 bits per heavy atom. The van der Waals surface area contributed by atoms with Crippen LogP contribution in [0.2, 0.25) is 0 Å². The van der Waals surface area contributed by atoms with E-state index in [2.05, 4.69) is 5.10 Å². The van der Waals surface area contributed by atoms with Gasteiger partial charge in [-0.25, -0.2) is 9.07 Å². The predicted molar refractivity (Wildman–Crippen MR) is 90.0 cm³/mol. The Bertz CT molecular complexity index is 854. The van der Waals surface area contributed by atoms with Crippen LogP contribution in [0.3, 0.4) is 0 Å². The number of halogens is 1. The highest BCUT2D eigenvalue weighted by Gasteiger charge is 2.53. The molecule has 8 heteroatoms. The third-order valence-electron chi connectivity index (χ3n) is 5.42. The van der Waals surface area contributed by atoms with E-state index in [-0.39, 0.29) is 23.9 Å². The summed E-state index contributed by atoms with van der Waals surface area (Å²) in [4.78, 5) is 26.8. The number of primary amides is 1. The van der Waals surface area contributed by atoms with E-state index in [0.717, 1.165) is 0 Å². The Hall–Kier alpha value is -2.74. The number of nitrogens with zero attached hydrogens (tertiary/aromatic N) is 3. The highest BCUT2D eigenvalue weighted by molar-refractivity contribution is 5.98. The molecular weight excluding hydrogens is 339 g/mol. The van der Waals surface area contributed by atoms with E-state index in [0.29, 0.717) is 31.9 Å². The van der Waals surface area contributed by atoms with Crippen molar-refractivity contribution in [3.05, 3.63) is 48.0 Å². The molecule has 0 spiro atoms. The minimum Gasteiger partial charge on any atom is -0.381 e. The van der Waals surface area contributed by atoms with Crippen molar-refractivity contribution in [1.29, 1.82) is 0 Å². The smallest absolute Gasteiger partial charge is 0.256 e. The van der Waals surface area contributed by atoms with Gasteiger partial charge in [0.25, 0.3) is 5.91 Å². The topological polar surface area (TPSA) is 90.5 Å². The zero-order chi connectivity index (χ0) is 18.3. The molecule has 2 amide bonds. The van der Waals surface area contributed by atoms with Crippen molar-refractivity contribution >= 4 is 11.8 Å². The van der Waals surface area contributed by atoms with Crippen molar-refractivity contribution in [2.24, 2.45) is 17.1 Å². The monoisotopic (exact) mass is 358 g/mol. The molecule has 1 aromatic heterocycles. The van der Waals surface area contributed by atoms with Crippen LogP contribution >= 0.6 is 0 Å². The Kier molecular flexibility index (Phi) is 3.99. The van der Waals surface area contributed by atoms with Gasteiger partial charge in [-0.2, -0.15) is 5.10 Å². The number of fused-ring (bicyclic) bond motifs is 1. The minimum atomic E-state index is -0.771. The maximum Gasteiger partial charge on any atom is 0.256 e. The molecule has 3 heterocycles. The van der Waals surface area contributed by atoms with Gasteiger partial charge in [-0.15, -0.1) is 0 Å². The van der Waals surface area contributed by atoms with E-state index in [1.54, 1.807) is 23.4 Å². The Morgan fingerprint density at radius 3 is 2.92 bits per heavy atom. The summed E-state index contributed by atoms with van der Waals surface area (Å²) >= 11 is 0. The molecule has 1 aromatic carbocycles. The summed E-state index contributed by atoms with van der Waals surface area (Å²) in [7, 11) is 0. The molecule has 136 valence electrons. The average Bonchev–Trinajstić information content (AvgIpc) is 3.29. The van der Waals surface area contributed by atoms with Crippen LogP contribution < -0.4 is 5.73 Å². The summed E-state index contributed by atoms with van der Waals surface area (Å²) < 4.78 is 20.8. The summed E-state index contributed by atoms with van der Waals surface area (Å²) in [5.74, 6) is -1.40. The molecule has 0 bridgehead atoms. The Labute approximate surface area is 149 Å². The fourth-order valence-electron chi connectivity index (χ4n) is 3.97. The second kappa shape index (κ2) is 6.21. The number of rotatable bonds is 3. The first-order chi connectivity index (χ1) is 12.5. The number of benzene rings is 1. The van der Waals surface area contributed by atoms with Gasteiger partial charge < -0.3 is 15.4 Å². The molecule has 0 unspecified atom stereocenters. The van der Waals surface area contributed by atoms with Crippen molar-refractivity contribution in [1.82, 2.24) is 14.7 Å². The predicted octanol–water partition coefficient (Wildman–Crippen LogP) is 0.975. The molecule has 2 N–H and O–H groups in total. The van der Waals surface area contributed by atoms with Gasteiger partial charge in [0.1, 0.15) is 5.82 Å². The zero-order valence-corrected chi connectivity index (χ0v) is 14.1. The molecule has 2 aromatic rings.